The van der Waals surface area contributed by atoms with E-state index in [9.17, 15) is 14.7 Å². The first-order chi connectivity index (χ1) is 24.3. The molecule has 3 aromatic carbocycles. The molecule has 2 fully saturated rings. The van der Waals surface area contributed by atoms with Crippen molar-refractivity contribution in [2.45, 2.75) is 70.6 Å². The first-order valence-electron chi connectivity index (χ1n) is 17.5. The molecule has 12 heteroatoms. The van der Waals surface area contributed by atoms with Crippen LogP contribution in [0.2, 0.25) is 5.02 Å². The van der Waals surface area contributed by atoms with Crippen molar-refractivity contribution in [3.05, 3.63) is 70.4 Å². The molecule has 1 amide bonds. The smallest absolute Gasteiger partial charge is 0.409 e. The molecule has 0 bridgehead atoms. The maximum absolute atomic E-state index is 12.8. The van der Waals surface area contributed by atoms with E-state index >= 15 is 0 Å². The van der Waals surface area contributed by atoms with Crippen molar-refractivity contribution in [2.75, 3.05) is 33.3 Å². The summed E-state index contributed by atoms with van der Waals surface area (Å²) in [5.41, 5.74) is 6.37. The highest BCUT2D eigenvalue weighted by Gasteiger charge is 2.36. The molecular formula is C39H44ClN5O5S. The van der Waals surface area contributed by atoms with E-state index in [-0.39, 0.29) is 12.1 Å². The topological polar surface area (TPSA) is 110 Å². The van der Waals surface area contributed by atoms with Crippen LogP contribution in [0.3, 0.4) is 0 Å². The summed E-state index contributed by atoms with van der Waals surface area (Å²) in [7, 11) is 3.44. The maximum Gasteiger partial charge on any atom is 0.409 e. The Kier molecular flexibility index (Phi) is 9.60. The van der Waals surface area contributed by atoms with E-state index in [2.05, 4.69) is 23.1 Å². The molecule has 0 aliphatic carbocycles. The first kappa shape index (κ1) is 35.4. The van der Waals surface area contributed by atoms with Gasteiger partial charge in [0.15, 0.2) is 6.10 Å². The summed E-state index contributed by atoms with van der Waals surface area (Å²) in [6.45, 7) is 11.1. The highest BCUT2D eigenvalue weighted by atomic mass is 35.5. The van der Waals surface area contributed by atoms with Gasteiger partial charge in [0.25, 0.3) is 0 Å². The number of rotatable bonds is 8. The van der Waals surface area contributed by atoms with Gasteiger partial charge in [-0.1, -0.05) is 23.7 Å². The maximum atomic E-state index is 12.8. The molecule has 5 aromatic rings. The quantitative estimate of drug-likeness (QED) is 0.170. The van der Waals surface area contributed by atoms with Crippen molar-refractivity contribution >= 4 is 56.1 Å². The molecule has 0 saturated carbocycles. The van der Waals surface area contributed by atoms with Gasteiger partial charge in [0.1, 0.15) is 5.01 Å². The van der Waals surface area contributed by atoms with Gasteiger partial charge in [0, 0.05) is 59.2 Å². The highest BCUT2D eigenvalue weighted by molar-refractivity contribution is 7.22. The number of nitrogens with zero attached hydrogens (tertiary/aromatic N) is 5. The lowest BCUT2D eigenvalue weighted by Crippen LogP contribution is -2.56. The number of hydrogen-bond acceptors (Lipinski definition) is 8. The van der Waals surface area contributed by atoms with Gasteiger partial charge < -0.3 is 24.4 Å². The van der Waals surface area contributed by atoms with E-state index in [4.69, 9.17) is 31.2 Å². The van der Waals surface area contributed by atoms with E-state index in [1.165, 1.54) is 7.11 Å². The molecule has 2 aromatic heterocycles. The zero-order chi connectivity index (χ0) is 36.2. The molecule has 0 spiro atoms. The van der Waals surface area contributed by atoms with Crippen LogP contribution in [0.15, 0.2) is 48.5 Å². The van der Waals surface area contributed by atoms with Crippen LogP contribution in [-0.4, -0.2) is 86.7 Å². The molecule has 1 unspecified atom stereocenters. The number of piperidine rings is 1. The Hall–Kier alpha value is -4.03. The minimum atomic E-state index is -1.17. The van der Waals surface area contributed by atoms with Crippen molar-refractivity contribution in [3.8, 4) is 21.7 Å². The molecule has 268 valence electrons. The normalized spacial score (nSPS) is 17.9. The molecule has 7 rings (SSSR count). The van der Waals surface area contributed by atoms with Gasteiger partial charge in [-0.3, -0.25) is 4.68 Å². The third kappa shape index (κ3) is 6.96. The van der Waals surface area contributed by atoms with Crippen LogP contribution in [-0.2, 0) is 21.3 Å². The van der Waals surface area contributed by atoms with Crippen LogP contribution in [0.25, 0.3) is 42.8 Å². The second-order valence-electron chi connectivity index (χ2n) is 14.7. The summed E-state index contributed by atoms with van der Waals surface area (Å²) in [4.78, 5) is 34.2. The van der Waals surface area contributed by atoms with Crippen LogP contribution >= 0.6 is 22.9 Å². The molecule has 2 aliphatic heterocycles. The van der Waals surface area contributed by atoms with Crippen LogP contribution in [0.4, 0.5) is 4.79 Å². The summed E-state index contributed by atoms with van der Waals surface area (Å²) in [6, 6.07) is 16.1. The molecule has 2 aliphatic rings. The zero-order valence-corrected chi connectivity index (χ0v) is 31.5. The molecule has 51 heavy (non-hydrogen) atoms. The van der Waals surface area contributed by atoms with Crippen molar-refractivity contribution in [2.24, 2.45) is 7.05 Å². The van der Waals surface area contributed by atoms with Crippen LogP contribution in [0.1, 0.15) is 68.9 Å². The summed E-state index contributed by atoms with van der Waals surface area (Å²) in [6.07, 6.45) is 1.60. The molecule has 1 N–H and O–H groups in total. The first-order valence-corrected chi connectivity index (χ1v) is 18.6. The van der Waals surface area contributed by atoms with Gasteiger partial charge in [-0.25, -0.2) is 14.6 Å². The SMILES string of the molecule is COC(=O)N1CC[C@@H]1CN1CCC(c2nn(C)c3ccc(-c4nc5cc(C)c(C(OC(C)(C)C)C(=O)O)c(-c6ccc(Cl)cc6)c5s4)cc23)CC1. The van der Waals surface area contributed by atoms with E-state index < -0.39 is 17.7 Å². The fourth-order valence-electron chi connectivity index (χ4n) is 7.56. The second-order valence-corrected chi connectivity index (χ2v) is 16.2. The number of carboxylic acid groups (broad SMARTS) is 1. The average molecular weight is 730 g/mol. The number of methoxy groups -OCH3 is 1. The molecule has 4 heterocycles. The predicted octanol–water partition coefficient (Wildman–Crippen LogP) is 8.44. The number of benzene rings is 3. The number of hydrogen-bond donors (Lipinski definition) is 1. The number of thiazole rings is 1. The van der Waals surface area contributed by atoms with Crippen molar-refractivity contribution in [3.63, 3.8) is 0 Å². The zero-order valence-electron chi connectivity index (χ0n) is 29.9. The van der Waals surface area contributed by atoms with Crippen molar-refractivity contribution in [1.29, 1.82) is 0 Å². The molecule has 2 atom stereocenters. The summed E-state index contributed by atoms with van der Waals surface area (Å²) >= 11 is 7.85. The average Bonchev–Trinajstić information content (AvgIpc) is 3.65. The monoisotopic (exact) mass is 729 g/mol. The summed E-state index contributed by atoms with van der Waals surface area (Å²) in [5, 5.41) is 18.1. The standard InChI is InChI=1S/C39H44ClN5O5S/c1-22-19-29-35(32(23-7-10-26(40)11-8-23)31(22)34(37(46)47)50-39(2,3)4)51-36(41-29)25-9-12-30-28(20-25)33(42-43(30)5)24-13-16-44(17-14-24)21-27-15-18-45(27)38(48)49-6/h7-12,19-20,24,27,34H,13-18,21H2,1-6H3,(H,46,47)/t27-,34?/m1/s1. The number of aryl methyl sites for hydroxylation is 2. The molecule has 10 nitrogen and oxygen atoms in total. The Balaban J connectivity index is 1.23. The summed E-state index contributed by atoms with van der Waals surface area (Å²) in [5.74, 6) is -0.718. The fourth-order valence-corrected chi connectivity index (χ4v) is 8.81. The lowest BCUT2D eigenvalue weighted by atomic mass is 9.90. The lowest BCUT2D eigenvalue weighted by Gasteiger charge is -2.43. The number of carboxylic acids is 1. The number of likely N-dealkylation sites (tertiary alicyclic amines) is 2. The second kappa shape index (κ2) is 13.8. The fraction of sp³-hybridized carbons (Fsp3) is 0.436. The van der Waals surface area contributed by atoms with Crippen LogP contribution in [0, 0.1) is 6.92 Å². The number of carbonyl (C=O) groups is 2. The van der Waals surface area contributed by atoms with Crippen LogP contribution < -0.4 is 0 Å². The predicted molar refractivity (Wildman–Crippen MR) is 202 cm³/mol. The number of amides is 1. The highest BCUT2D eigenvalue weighted by Crippen LogP contribution is 2.45. The van der Waals surface area contributed by atoms with Gasteiger partial charge in [0.2, 0.25) is 0 Å². The van der Waals surface area contributed by atoms with Gasteiger partial charge >= 0.3 is 12.1 Å². The Morgan fingerprint density at radius 1 is 1.04 bits per heavy atom. The minimum Gasteiger partial charge on any atom is -0.479 e. The number of aromatic nitrogens is 3. The molecule has 0 radical (unpaired) electrons. The minimum absolute atomic E-state index is 0.224. The van der Waals surface area contributed by atoms with E-state index in [0.717, 1.165) is 99.5 Å². The van der Waals surface area contributed by atoms with Gasteiger partial charge in [-0.2, -0.15) is 5.10 Å². The lowest BCUT2D eigenvalue weighted by molar-refractivity contribution is -0.160. The van der Waals surface area contributed by atoms with Crippen molar-refractivity contribution in [1.82, 2.24) is 24.6 Å². The molecule has 2 saturated heterocycles. The van der Waals surface area contributed by atoms with Gasteiger partial charge in [-0.15, -0.1) is 11.3 Å². The van der Waals surface area contributed by atoms with Crippen LogP contribution in [0.5, 0.6) is 0 Å². The third-order valence-electron chi connectivity index (χ3n) is 10.1. The largest absolute Gasteiger partial charge is 0.479 e. The van der Waals surface area contributed by atoms with E-state index in [1.54, 1.807) is 11.3 Å². The summed E-state index contributed by atoms with van der Waals surface area (Å²) < 4.78 is 14.0. The molecular weight excluding hydrogens is 686 g/mol. The number of ether oxygens (including phenoxy) is 2. The Morgan fingerprint density at radius 3 is 2.37 bits per heavy atom. The van der Waals surface area contributed by atoms with E-state index in [0.29, 0.717) is 16.5 Å². The van der Waals surface area contributed by atoms with E-state index in [1.807, 2.05) is 74.7 Å². The number of carbonyl (C=O) groups excluding carboxylic acids is 1. The third-order valence-corrected chi connectivity index (χ3v) is 11.5. The number of fused-ring (bicyclic) bond motifs is 2. The van der Waals surface area contributed by atoms with Crippen molar-refractivity contribution < 1.29 is 24.2 Å². The van der Waals surface area contributed by atoms with Gasteiger partial charge in [0.05, 0.1) is 34.1 Å². The van der Waals surface area contributed by atoms with Gasteiger partial charge in [-0.05, 0) is 108 Å². The Labute approximate surface area is 306 Å². The Bertz CT molecular complexity index is 2110. The Morgan fingerprint density at radius 2 is 1.75 bits per heavy atom. The number of aliphatic carboxylic acids is 1. The number of halogens is 1.